The number of nitriles is 1. The van der Waals surface area contributed by atoms with Gasteiger partial charge >= 0.3 is 0 Å². The number of pyridine rings is 1. The number of hydrogen-bond acceptors (Lipinski definition) is 8. The molecule has 0 bridgehead atoms. The van der Waals surface area contributed by atoms with Gasteiger partial charge < -0.3 is 9.47 Å². The summed E-state index contributed by atoms with van der Waals surface area (Å²) in [6.07, 6.45) is 3.34. The Morgan fingerprint density at radius 2 is 1.80 bits per heavy atom. The summed E-state index contributed by atoms with van der Waals surface area (Å²) in [5.74, 6) is 0.138. The third-order valence-electron chi connectivity index (χ3n) is 5.34. The van der Waals surface area contributed by atoms with Crippen LogP contribution in [0.25, 0.3) is 16.9 Å². The predicted molar refractivity (Wildman–Crippen MR) is 133 cm³/mol. The fourth-order valence-electron chi connectivity index (χ4n) is 3.53. The van der Waals surface area contributed by atoms with Gasteiger partial charge in [-0.25, -0.2) is 21.8 Å². The van der Waals surface area contributed by atoms with Gasteiger partial charge in [-0.2, -0.15) is 5.26 Å². The molecule has 0 saturated carbocycles. The van der Waals surface area contributed by atoms with Gasteiger partial charge in [0.1, 0.15) is 22.4 Å². The largest absolute Gasteiger partial charge is 0.495 e. The third kappa shape index (κ3) is 4.92. The Morgan fingerprint density at radius 3 is 2.34 bits per heavy atom. The number of rotatable bonds is 8. The number of imidazole rings is 1. The Bertz CT molecular complexity index is 1530. The summed E-state index contributed by atoms with van der Waals surface area (Å²) in [5.41, 5.74) is 1.50. The van der Waals surface area contributed by atoms with Gasteiger partial charge in [0.15, 0.2) is 15.6 Å². The highest BCUT2D eigenvalue weighted by atomic mass is 32.2. The average Bonchev–Trinajstić information content (AvgIpc) is 3.19. The van der Waals surface area contributed by atoms with Crippen molar-refractivity contribution >= 4 is 31.2 Å². The molecular weight excluding hydrogens is 492 g/mol. The first-order valence-corrected chi connectivity index (χ1v) is 13.9. The van der Waals surface area contributed by atoms with Crippen molar-refractivity contribution in [1.82, 2.24) is 9.38 Å². The van der Waals surface area contributed by atoms with E-state index in [1.807, 2.05) is 6.07 Å². The molecule has 0 aliphatic carbocycles. The fourth-order valence-corrected chi connectivity index (χ4v) is 5.97. The van der Waals surface area contributed by atoms with Crippen LogP contribution >= 0.6 is 0 Å². The van der Waals surface area contributed by atoms with Crippen molar-refractivity contribution in [3.05, 3.63) is 36.2 Å². The normalized spacial score (nSPS) is 12.4. The molecule has 0 amide bonds. The van der Waals surface area contributed by atoms with Crippen LogP contribution in [0.1, 0.15) is 39.7 Å². The number of ether oxygens (including phenoxy) is 2. The number of sulfonamides is 1. The molecule has 10 nitrogen and oxygen atoms in total. The van der Waals surface area contributed by atoms with Crippen molar-refractivity contribution < 1.29 is 26.3 Å². The number of anilines is 1. The molecule has 0 atom stereocenters. The Kier molecular flexibility index (Phi) is 7.06. The lowest BCUT2D eigenvalue weighted by Gasteiger charge is -2.21. The monoisotopic (exact) mass is 520 g/mol. The molecule has 2 heterocycles. The molecule has 3 aromatic rings. The maximum Gasteiger partial charge on any atom is 0.232 e. The van der Waals surface area contributed by atoms with Crippen molar-refractivity contribution in [2.75, 3.05) is 24.7 Å². The molecule has 0 saturated heterocycles. The second-order valence-corrected chi connectivity index (χ2v) is 13.3. The molecule has 2 aromatic heterocycles. The Labute approximate surface area is 205 Å². The van der Waals surface area contributed by atoms with Gasteiger partial charge in [-0.3, -0.25) is 9.12 Å². The molecule has 0 radical (unpaired) electrons. The summed E-state index contributed by atoms with van der Waals surface area (Å²) >= 11 is 0. The zero-order valence-corrected chi connectivity index (χ0v) is 22.0. The van der Waals surface area contributed by atoms with E-state index in [1.54, 1.807) is 32.1 Å². The van der Waals surface area contributed by atoms with Crippen molar-refractivity contribution in [3.8, 4) is 28.8 Å². The van der Waals surface area contributed by atoms with Crippen LogP contribution in [0.2, 0.25) is 0 Å². The molecule has 0 fully saturated rings. The van der Waals surface area contributed by atoms with Gasteiger partial charge in [-0.05, 0) is 39.3 Å². The van der Waals surface area contributed by atoms with E-state index in [2.05, 4.69) is 9.71 Å². The lowest BCUT2D eigenvalue weighted by atomic mass is 10.1. The second kappa shape index (κ2) is 9.39. The zero-order chi connectivity index (χ0) is 26.2. The van der Waals surface area contributed by atoms with Crippen LogP contribution in [0.15, 0.2) is 35.5 Å². The summed E-state index contributed by atoms with van der Waals surface area (Å²) in [6, 6.07) is 6.60. The molecule has 0 spiro atoms. The molecule has 3 rings (SSSR count). The molecule has 12 heteroatoms. The number of fused-ring (bicyclic) bond motifs is 1. The first kappa shape index (κ1) is 26.3. The minimum Gasteiger partial charge on any atom is -0.495 e. The van der Waals surface area contributed by atoms with E-state index < -0.39 is 24.6 Å². The van der Waals surface area contributed by atoms with E-state index in [4.69, 9.17) is 9.47 Å². The molecule has 1 aromatic carbocycles. The Morgan fingerprint density at radius 1 is 1.11 bits per heavy atom. The van der Waals surface area contributed by atoms with E-state index in [1.165, 1.54) is 44.8 Å². The predicted octanol–water partition coefficient (Wildman–Crippen LogP) is 3.61. The first-order valence-electron chi connectivity index (χ1n) is 10.7. The summed E-state index contributed by atoms with van der Waals surface area (Å²) in [4.78, 5) is 4.34. The molecule has 1 N–H and O–H groups in total. The number of nitrogens with zero attached hydrogens (tertiary/aromatic N) is 3. The molecule has 0 aliphatic rings. The van der Waals surface area contributed by atoms with Crippen molar-refractivity contribution in [2.24, 2.45) is 0 Å². The number of nitrogens with one attached hydrogen (secondary N) is 1. The van der Waals surface area contributed by atoms with Gasteiger partial charge in [0.25, 0.3) is 0 Å². The van der Waals surface area contributed by atoms with Crippen LogP contribution in [0.3, 0.4) is 0 Å². The summed E-state index contributed by atoms with van der Waals surface area (Å²) in [7, 11) is -4.74. The number of hydrogen-bond donors (Lipinski definition) is 1. The summed E-state index contributed by atoms with van der Waals surface area (Å²) in [5, 5.41) is 9.69. The van der Waals surface area contributed by atoms with Gasteiger partial charge in [-0.1, -0.05) is 6.92 Å². The first-order chi connectivity index (χ1) is 16.3. The molecule has 0 unspecified atom stereocenters. The number of aromatic nitrogens is 2. The molecule has 35 heavy (non-hydrogen) atoms. The molecule has 0 aliphatic heterocycles. The van der Waals surface area contributed by atoms with E-state index in [-0.39, 0.29) is 33.4 Å². The summed E-state index contributed by atoms with van der Waals surface area (Å²) in [6.45, 7) is 6.53. The lowest BCUT2D eigenvalue weighted by molar-refractivity contribution is 0.401. The van der Waals surface area contributed by atoms with Gasteiger partial charge in [-0.15, -0.1) is 0 Å². The van der Waals surface area contributed by atoms with Crippen LogP contribution in [-0.4, -0.2) is 50.9 Å². The SMILES string of the molecule is CCCS(=O)(=O)Nc1cc(-c2cnc3cc(OC)c(S(=O)(=O)C(C)(C)C)cn23)cc(C#N)c1OC. The maximum atomic E-state index is 13.3. The Balaban J connectivity index is 2.31. The highest BCUT2D eigenvalue weighted by molar-refractivity contribution is 7.93. The highest BCUT2D eigenvalue weighted by Crippen LogP contribution is 2.37. The van der Waals surface area contributed by atoms with E-state index in [0.29, 0.717) is 23.3 Å². The van der Waals surface area contributed by atoms with Crippen LogP contribution < -0.4 is 14.2 Å². The molecule has 188 valence electrons. The maximum absolute atomic E-state index is 13.3. The average molecular weight is 521 g/mol. The standard InChI is InChI=1S/C23H28N4O6S2/c1-7-8-34(28,29)26-17-10-15(9-16(12-24)22(17)33-6)18-13-25-21-11-19(32-5)20(14-27(18)21)35(30,31)23(2,3)4/h9-11,13-14,26H,7-8H2,1-6H3. The van der Waals surface area contributed by atoms with Gasteiger partial charge in [0.2, 0.25) is 10.0 Å². The topological polar surface area (TPSA) is 140 Å². The number of benzene rings is 1. The molecular formula is C23H28N4O6S2. The van der Waals surface area contributed by atoms with Crippen LogP contribution in [0.5, 0.6) is 11.5 Å². The minimum atomic E-state index is -3.79. The Hall–Kier alpha value is -3.30. The number of sulfone groups is 1. The third-order valence-corrected chi connectivity index (χ3v) is 9.31. The van der Waals surface area contributed by atoms with Gasteiger partial charge in [0, 0.05) is 17.8 Å². The lowest BCUT2D eigenvalue weighted by Crippen LogP contribution is -2.28. The van der Waals surface area contributed by atoms with Gasteiger partial charge in [0.05, 0.1) is 47.9 Å². The van der Waals surface area contributed by atoms with E-state index in [9.17, 15) is 22.1 Å². The highest BCUT2D eigenvalue weighted by Gasteiger charge is 2.34. The fraction of sp³-hybridized carbons (Fsp3) is 0.391. The smallest absolute Gasteiger partial charge is 0.232 e. The van der Waals surface area contributed by atoms with Crippen molar-refractivity contribution in [2.45, 2.75) is 43.8 Å². The van der Waals surface area contributed by atoms with E-state index in [0.717, 1.165) is 0 Å². The summed E-state index contributed by atoms with van der Waals surface area (Å²) < 4.78 is 65.0. The van der Waals surface area contributed by atoms with Crippen LogP contribution in [-0.2, 0) is 19.9 Å². The van der Waals surface area contributed by atoms with Crippen molar-refractivity contribution in [1.29, 1.82) is 5.26 Å². The number of methoxy groups -OCH3 is 2. The minimum absolute atomic E-state index is 0.0165. The second-order valence-electron chi connectivity index (χ2n) is 8.83. The zero-order valence-electron chi connectivity index (χ0n) is 20.4. The van der Waals surface area contributed by atoms with Crippen molar-refractivity contribution in [3.63, 3.8) is 0 Å². The van der Waals surface area contributed by atoms with Crippen LogP contribution in [0.4, 0.5) is 5.69 Å². The van der Waals surface area contributed by atoms with Crippen LogP contribution in [0, 0.1) is 11.3 Å². The van der Waals surface area contributed by atoms with E-state index >= 15 is 0 Å². The quantitative estimate of drug-likeness (QED) is 0.475.